The molecule has 11 nitrogen and oxygen atoms in total. The number of unbranched alkanes of at least 4 members (excludes halogenated alkanes) is 2. The Kier molecular flexibility index (Phi) is 11.6. The van der Waals surface area contributed by atoms with E-state index < -0.39 is 5.97 Å². The van der Waals surface area contributed by atoms with Gasteiger partial charge >= 0.3 is 5.97 Å². The van der Waals surface area contributed by atoms with Crippen LogP contribution in [0.5, 0.6) is 17.2 Å². The Morgan fingerprint density at radius 1 is 0.870 bits per heavy atom. The van der Waals surface area contributed by atoms with Crippen LogP contribution in [0.15, 0.2) is 53.3 Å². The van der Waals surface area contributed by atoms with Crippen LogP contribution in [0.25, 0.3) is 11.1 Å². The fourth-order valence-electron chi connectivity index (χ4n) is 5.70. The fourth-order valence-corrected chi connectivity index (χ4v) is 5.70. The van der Waals surface area contributed by atoms with E-state index in [2.05, 4.69) is 20.7 Å². The van der Waals surface area contributed by atoms with E-state index >= 15 is 0 Å². The van der Waals surface area contributed by atoms with Gasteiger partial charge < -0.3 is 34.9 Å². The summed E-state index contributed by atoms with van der Waals surface area (Å²) in [6.45, 7) is 2.01. The highest BCUT2D eigenvalue weighted by molar-refractivity contribution is 5.93. The molecule has 11 heteroatoms. The maximum absolute atomic E-state index is 13.5. The molecule has 1 unspecified atom stereocenters. The minimum Gasteiger partial charge on any atom is -0.493 e. The lowest BCUT2D eigenvalue weighted by Gasteiger charge is -2.19. The molecule has 3 aromatic rings. The number of ether oxygens (including phenoxy) is 4. The van der Waals surface area contributed by atoms with Gasteiger partial charge in [-0.25, -0.2) is 4.79 Å². The first-order valence-corrected chi connectivity index (χ1v) is 15.2. The molecule has 1 aliphatic carbocycles. The molecular weight excluding hydrogens is 590 g/mol. The van der Waals surface area contributed by atoms with Crippen LogP contribution < -0.4 is 35.6 Å². The van der Waals surface area contributed by atoms with E-state index in [0.29, 0.717) is 72.0 Å². The van der Waals surface area contributed by atoms with Gasteiger partial charge in [-0.2, -0.15) is 0 Å². The lowest BCUT2D eigenvalue weighted by Crippen LogP contribution is -2.26. The summed E-state index contributed by atoms with van der Waals surface area (Å²) in [6.07, 6.45) is 3.75. The Morgan fingerprint density at radius 3 is 2.26 bits per heavy atom. The first-order valence-electron chi connectivity index (χ1n) is 15.2. The third-order valence-electron chi connectivity index (χ3n) is 7.90. The zero-order chi connectivity index (χ0) is 33.2. The van der Waals surface area contributed by atoms with Crippen LogP contribution in [0.4, 0.5) is 11.4 Å². The molecule has 3 N–H and O–H groups in total. The van der Waals surface area contributed by atoms with Gasteiger partial charge in [0.25, 0.3) is 0 Å². The molecule has 46 heavy (non-hydrogen) atoms. The lowest BCUT2D eigenvalue weighted by molar-refractivity contribution is -0.119. The van der Waals surface area contributed by atoms with Crippen LogP contribution in [0.3, 0.4) is 0 Å². The van der Waals surface area contributed by atoms with Crippen molar-refractivity contribution in [3.63, 3.8) is 0 Å². The van der Waals surface area contributed by atoms with E-state index in [4.69, 9.17) is 14.2 Å². The summed E-state index contributed by atoms with van der Waals surface area (Å²) in [4.78, 5) is 49.5. The van der Waals surface area contributed by atoms with E-state index in [1.165, 1.54) is 14.0 Å². The molecule has 0 saturated heterocycles. The van der Waals surface area contributed by atoms with Crippen LogP contribution in [0.1, 0.15) is 66.6 Å². The molecule has 1 atom stereocenters. The van der Waals surface area contributed by atoms with Crippen molar-refractivity contribution in [2.24, 2.45) is 0 Å². The zero-order valence-corrected chi connectivity index (χ0v) is 26.9. The fraction of sp³-hybridized carbons (Fsp3) is 0.371. The minimum absolute atomic E-state index is 0.115. The molecule has 0 spiro atoms. The number of amides is 2. The van der Waals surface area contributed by atoms with Gasteiger partial charge in [0.05, 0.1) is 45.7 Å². The van der Waals surface area contributed by atoms with E-state index in [1.807, 2.05) is 12.1 Å². The largest absolute Gasteiger partial charge is 0.493 e. The summed E-state index contributed by atoms with van der Waals surface area (Å²) in [5.74, 6) is 0.748. The van der Waals surface area contributed by atoms with Gasteiger partial charge in [0.1, 0.15) is 0 Å². The molecule has 0 bridgehead atoms. The summed E-state index contributed by atoms with van der Waals surface area (Å²) in [7, 11) is 6.00. The van der Waals surface area contributed by atoms with Gasteiger partial charge in [-0.3, -0.25) is 14.4 Å². The minimum atomic E-state index is -0.434. The number of hydrogen-bond donors (Lipinski definition) is 3. The zero-order valence-electron chi connectivity index (χ0n) is 26.9. The van der Waals surface area contributed by atoms with Crippen molar-refractivity contribution >= 4 is 29.2 Å². The third-order valence-corrected chi connectivity index (χ3v) is 7.90. The molecule has 2 amide bonds. The summed E-state index contributed by atoms with van der Waals surface area (Å²) < 4.78 is 21.8. The highest BCUT2D eigenvalue weighted by atomic mass is 16.5. The predicted molar refractivity (Wildman–Crippen MR) is 176 cm³/mol. The van der Waals surface area contributed by atoms with Crippen molar-refractivity contribution in [3.8, 4) is 28.4 Å². The van der Waals surface area contributed by atoms with Crippen molar-refractivity contribution in [3.05, 3.63) is 75.4 Å². The molecule has 244 valence electrons. The average molecular weight is 632 g/mol. The van der Waals surface area contributed by atoms with Crippen LogP contribution in [-0.2, 0) is 20.7 Å². The highest BCUT2D eigenvalue weighted by Crippen LogP contribution is 2.50. The van der Waals surface area contributed by atoms with Gasteiger partial charge in [-0.1, -0.05) is 12.5 Å². The number of hydrogen-bond acceptors (Lipinski definition) is 9. The number of methoxy groups -OCH3 is 4. The van der Waals surface area contributed by atoms with Crippen molar-refractivity contribution in [1.82, 2.24) is 5.32 Å². The molecule has 1 aliphatic rings. The van der Waals surface area contributed by atoms with E-state index in [0.717, 1.165) is 29.5 Å². The van der Waals surface area contributed by atoms with Crippen LogP contribution >= 0.6 is 0 Å². The lowest BCUT2D eigenvalue weighted by atomic mass is 9.95. The van der Waals surface area contributed by atoms with Crippen LogP contribution in [-0.4, -0.2) is 52.8 Å². The highest BCUT2D eigenvalue weighted by Gasteiger charge is 2.29. The smallest absolute Gasteiger partial charge is 0.337 e. The molecule has 0 aromatic heterocycles. The first-order chi connectivity index (χ1) is 22.2. The van der Waals surface area contributed by atoms with Crippen molar-refractivity contribution in [2.45, 2.75) is 51.5 Å². The van der Waals surface area contributed by atoms with Crippen LogP contribution in [0.2, 0.25) is 0 Å². The number of carbonyl (C=O) groups is 3. The second kappa shape index (κ2) is 15.8. The Labute approximate surface area is 268 Å². The summed E-state index contributed by atoms with van der Waals surface area (Å²) in [5, 5.41) is 9.10. The number of anilines is 2. The summed E-state index contributed by atoms with van der Waals surface area (Å²) in [5.41, 5.74) is 4.47. The standard InChI is InChI=1S/C35H41N3O8/c1-21(39)37-27-16-12-23-19-30(43-2)33(44-3)34(45-4)32(23)25-15-17-28(29(40)20-26(25)27)36-18-8-6-7-9-31(41)38-24-13-10-22(11-14-24)35(42)46-5/h10-11,13-15,17,19-20,27H,6-9,12,16,18H2,1-5H3,(H,36,40)(H,37,39)(H,38,41). The van der Waals surface area contributed by atoms with E-state index in [9.17, 15) is 19.2 Å². The quantitative estimate of drug-likeness (QED) is 0.170. The maximum atomic E-state index is 13.5. The number of nitrogens with one attached hydrogen (secondary N) is 3. The molecular formula is C35H41N3O8. The number of benzene rings is 2. The Balaban J connectivity index is 1.45. The number of rotatable bonds is 13. The Hall–Kier alpha value is -5.06. The van der Waals surface area contributed by atoms with E-state index in [1.54, 1.807) is 57.7 Å². The first kappa shape index (κ1) is 33.8. The van der Waals surface area contributed by atoms with Gasteiger partial charge in [0.15, 0.2) is 11.5 Å². The van der Waals surface area contributed by atoms with Crippen LogP contribution in [0, 0.1) is 0 Å². The molecule has 0 aliphatic heterocycles. The maximum Gasteiger partial charge on any atom is 0.337 e. The SMILES string of the molecule is COC(=O)c1ccc(NC(=O)CCCCCNc2ccc3c(cc2=O)C(NC(C)=O)CCc2cc(OC)c(OC)c(OC)c2-3)cc1. The topological polar surface area (TPSA) is 141 Å². The number of carbonyl (C=O) groups excluding carboxylic acids is 3. The normalized spacial score (nSPS) is 13.3. The van der Waals surface area contributed by atoms with Gasteiger partial charge in [0.2, 0.25) is 23.0 Å². The second-order valence-corrected chi connectivity index (χ2v) is 11.0. The van der Waals surface area contributed by atoms with Gasteiger partial charge in [-0.15, -0.1) is 0 Å². The molecule has 0 radical (unpaired) electrons. The average Bonchev–Trinajstić information content (AvgIpc) is 3.29. The number of esters is 1. The molecule has 0 saturated carbocycles. The monoisotopic (exact) mass is 631 g/mol. The second-order valence-electron chi connectivity index (χ2n) is 11.0. The predicted octanol–water partition coefficient (Wildman–Crippen LogP) is 5.26. The molecule has 4 rings (SSSR count). The molecule has 3 aromatic carbocycles. The molecule has 0 heterocycles. The van der Waals surface area contributed by atoms with E-state index in [-0.39, 0.29) is 23.3 Å². The van der Waals surface area contributed by atoms with Crippen molar-refractivity contribution < 1.29 is 33.3 Å². The van der Waals surface area contributed by atoms with Gasteiger partial charge in [0, 0.05) is 31.1 Å². The van der Waals surface area contributed by atoms with Crippen molar-refractivity contribution in [1.29, 1.82) is 0 Å². The Morgan fingerprint density at radius 2 is 1.61 bits per heavy atom. The van der Waals surface area contributed by atoms with Crippen molar-refractivity contribution in [2.75, 3.05) is 45.6 Å². The Bertz CT molecular complexity index is 1640. The summed E-state index contributed by atoms with van der Waals surface area (Å²) in [6, 6.07) is 13.3. The third kappa shape index (κ3) is 7.96. The number of fused-ring (bicyclic) bond motifs is 3. The molecule has 0 fully saturated rings. The van der Waals surface area contributed by atoms with Gasteiger partial charge in [-0.05, 0) is 84.8 Å². The summed E-state index contributed by atoms with van der Waals surface area (Å²) >= 11 is 0. The number of aryl methyl sites for hydroxylation is 1.